The van der Waals surface area contributed by atoms with Crippen molar-refractivity contribution in [3.05, 3.63) is 48.3 Å². The number of aromatic nitrogens is 4. The molecular formula is C18H20N8O3S. The number of hydrogen-bond donors (Lipinski definition) is 3. The van der Waals surface area contributed by atoms with Crippen LogP contribution in [0.3, 0.4) is 0 Å². The van der Waals surface area contributed by atoms with Crippen LogP contribution in [0, 0.1) is 0 Å². The first-order chi connectivity index (χ1) is 14.6. The average molecular weight is 428 g/mol. The largest absolute Gasteiger partial charge is 0.497 e. The highest BCUT2D eigenvalue weighted by atomic mass is 32.2. The van der Waals surface area contributed by atoms with E-state index in [1.807, 2.05) is 6.07 Å². The molecule has 0 aliphatic rings. The Morgan fingerprint density at radius 3 is 2.90 bits per heavy atom. The Kier molecular flexibility index (Phi) is 7.05. The Morgan fingerprint density at radius 1 is 1.30 bits per heavy atom. The molecule has 3 rings (SSSR count). The van der Waals surface area contributed by atoms with E-state index in [-0.39, 0.29) is 17.6 Å². The molecule has 1 amide bonds. The highest BCUT2D eigenvalue weighted by molar-refractivity contribution is 7.99. The van der Waals surface area contributed by atoms with Crippen molar-refractivity contribution in [1.29, 1.82) is 0 Å². The second-order valence-electron chi connectivity index (χ2n) is 5.74. The number of pyridine rings is 1. The summed E-state index contributed by atoms with van der Waals surface area (Å²) < 4.78 is 11.6. The lowest BCUT2D eigenvalue weighted by Crippen LogP contribution is -2.17. The van der Waals surface area contributed by atoms with Crippen LogP contribution in [0.5, 0.6) is 11.5 Å². The molecule has 0 saturated heterocycles. The molecule has 0 saturated carbocycles. The number of methoxy groups -OCH3 is 2. The summed E-state index contributed by atoms with van der Waals surface area (Å²) in [7, 11) is 3.07. The number of nitrogen functional groups attached to an aromatic ring is 1. The standard InChI is InChI=1S/C18H20N8O3S/c1-28-13-5-6-14(15(8-13)29-2)22-16(27)11-30-18-25-24-17(26(18)19)23-21-10-12-4-3-7-20-9-12/h3-10H,11,19H2,1-2H3,(H,22,27)(H,23,24)/b21-10+. The third kappa shape index (κ3) is 5.38. The number of carbonyl (C=O) groups is 1. The fraction of sp³-hybridized carbons (Fsp3) is 0.167. The highest BCUT2D eigenvalue weighted by Crippen LogP contribution is 2.29. The van der Waals surface area contributed by atoms with Crippen molar-refractivity contribution < 1.29 is 14.3 Å². The van der Waals surface area contributed by atoms with Crippen molar-refractivity contribution in [1.82, 2.24) is 19.9 Å². The number of rotatable bonds is 9. The van der Waals surface area contributed by atoms with Gasteiger partial charge < -0.3 is 20.6 Å². The number of nitrogens with two attached hydrogens (primary N) is 1. The average Bonchev–Trinajstić information content (AvgIpc) is 3.12. The second kappa shape index (κ2) is 10.1. The van der Waals surface area contributed by atoms with Gasteiger partial charge in [0.25, 0.3) is 5.95 Å². The molecule has 3 aromatic rings. The van der Waals surface area contributed by atoms with E-state index < -0.39 is 0 Å². The van der Waals surface area contributed by atoms with Crippen LogP contribution in [0.1, 0.15) is 5.56 Å². The molecule has 2 heterocycles. The van der Waals surface area contributed by atoms with Gasteiger partial charge in [-0.2, -0.15) is 5.10 Å². The minimum atomic E-state index is -0.254. The van der Waals surface area contributed by atoms with Gasteiger partial charge in [0.15, 0.2) is 0 Å². The minimum Gasteiger partial charge on any atom is -0.497 e. The summed E-state index contributed by atoms with van der Waals surface area (Å²) in [6, 6.07) is 8.76. The molecule has 30 heavy (non-hydrogen) atoms. The molecule has 1 aromatic carbocycles. The number of ether oxygens (including phenoxy) is 2. The summed E-state index contributed by atoms with van der Waals surface area (Å²) in [5.41, 5.74) is 4.04. The van der Waals surface area contributed by atoms with Gasteiger partial charge in [0.2, 0.25) is 11.1 Å². The number of anilines is 2. The van der Waals surface area contributed by atoms with Crippen LogP contribution in [0.4, 0.5) is 11.6 Å². The quantitative estimate of drug-likeness (QED) is 0.200. The van der Waals surface area contributed by atoms with Gasteiger partial charge in [-0.3, -0.25) is 9.78 Å². The maximum atomic E-state index is 12.3. The van der Waals surface area contributed by atoms with E-state index in [9.17, 15) is 4.79 Å². The summed E-state index contributed by atoms with van der Waals surface area (Å²) in [6.07, 6.45) is 4.91. The van der Waals surface area contributed by atoms with Gasteiger partial charge in [-0.05, 0) is 18.2 Å². The summed E-state index contributed by atoms with van der Waals surface area (Å²) in [6.45, 7) is 0. The molecule has 0 unspecified atom stereocenters. The Balaban J connectivity index is 1.55. The SMILES string of the molecule is COc1ccc(NC(=O)CSc2nnc(N/N=C/c3cccnc3)n2N)c(OC)c1. The van der Waals surface area contributed by atoms with Crippen LogP contribution in [-0.2, 0) is 4.79 Å². The summed E-state index contributed by atoms with van der Waals surface area (Å²) >= 11 is 1.13. The zero-order valence-electron chi connectivity index (χ0n) is 16.3. The lowest BCUT2D eigenvalue weighted by Gasteiger charge is -2.11. The van der Waals surface area contributed by atoms with Crippen molar-refractivity contribution >= 4 is 35.5 Å². The van der Waals surface area contributed by atoms with Gasteiger partial charge in [0.05, 0.1) is 31.9 Å². The lowest BCUT2D eigenvalue weighted by molar-refractivity contribution is -0.113. The predicted molar refractivity (Wildman–Crippen MR) is 115 cm³/mol. The van der Waals surface area contributed by atoms with Gasteiger partial charge in [0.1, 0.15) is 11.5 Å². The van der Waals surface area contributed by atoms with Crippen LogP contribution in [0.15, 0.2) is 53.0 Å². The lowest BCUT2D eigenvalue weighted by atomic mass is 10.2. The van der Waals surface area contributed by atoms with Gasteiger partial charge in [-0.1, -0.05) is 17.8 Å². The second-order valence-corrected chi connectivity index (χ2v) is 6.68. The smallest absolute Gasteiger partial charge is 0.264 e. The minimum absolute atomic E-state index is 0.0729. The molecular weight excluding hydrogens is 408 g/mol. The van der Waals surface area contributed by atoms with Crippen molar-refractivity contribution in [3.63, 3.8) is 0 Å². The fourth-order valence-electron chi connectivity index (χ4n) is 2.29. The van der Waals surface area contributed by atoms with Crippen molar-refractivity contribution in [2.75, 3.05) is 36.6 Å². The zero-order valence-corrected chi connectivity index (χ0v) is 17.1. The Labute approximate surface area is 176 Å². The molecule has 2 aromatic heterocycles. The number of carbonyl (C=O) groups excluding carboxylic acids is 1. The summed E-state index contributed by atoms with van der Waals surface area (Å²) in [5, 5.41) is 15.0. The first-order valence-electron chi connectivity index (χ1n) is 8.65. The molecule has 0 fully saturated rings. The molecule has 0 bridgehead atoms. The topological polar surface area (TPSA) is 142 Å². The Bertz CT molecular complexity index is 1030. The summed E-state index contributed by atoms with van der Waals surface area (Å²) in [4.78, 5) is 16.3. The maximum absolute atomic E-state index is 12.3. The summed E-state index contributed by atoms with van der Waals surface area (Å²) in [5.74, 6) is 7.13. The number of nitrogens with zero attached hydrogens (tertiary/aromatic N) is 5. The number of nitrogens with one attached hydrogen (secondary N) is 2. The molecule has 156 valence electrons. The maximum Gasteiger partial charge on any atom is 0.264 e. The van der Waals surface area contributed by atoms with Gasteiger partial charge in [-0.25, -0.2) is 10.1 Å². The molecule has 0 aliphatic carbocycles. The van der Waals surface area contributed by atoms with E-state index in [1.165, 1.54) is 11.8 Å². The van der Waals surface area contributed by atoms with Crippen LogP contribution in [0.25, 0.3) is 0 Å². The van der Waals surface area contributed by atoms with Crippen LogP contribution in [0.2, 0.25) is 0 Å². The fourth-order valence-corrected chi connectivity index (χ4v) is 2.94. The zero-order chi connectivity index (χ0) is 21.3. The highest BCUT2D eigenvalue weighted by Gasteiger charge is 2.13. The van der Waals surface area contributed by atoms with Gasteiger partial charge in [-0.15, -0.1) is 10.2 Å². The van der Waals surface area contributed by atoms with Gasteiger partial charge in [0, 0.05) is 24.0 Å². The van der Waals surface area contributed by atoms with Crippen molar-refractivity contribution in [3.8, 4) is 11.5 Å². The first-order valence-corrected chi connectivity index (χ1v) is 9.63. The Morgan fingerprint density at radius 2 is 2.17 bits per heavy atom. The number of amides is 1. The molecule has 0 radical (unpaired) electrons. The molecule has 12 heteroatoms. The van der Waals surface area contributed by atoms with E-state index in [1.54, 1.807) is 50.0 Å². The number of hydrogen-bond acceptors (Lipinski definition) is 10. The van der Waals surface area contributed by atoms with Crippen LogP contribution in [-0.4, -0.2) is 52.0 Å². The van der Waals surface area contributed by atoms with E-state index >= 15 is 0 Å². The predicted octanol–water partition coefficient (Wildman–Crippen LogP) is 1.58. The van der Waals surface area contributed by atoms with E-state index in [0.717, 1.165) is 17.3 Å². The third-order valence-corrected chi connectivity index (χ3v) is 4.69. The number of thioether (sulfide) groups is 1. The first kappa shape index (κ1) is 20.9. The number of benzene rings is 1. The Hall–Kier alpha value is -3.80. The van der Waals surface area contributed by atoms with E-state index in [2.05, 4.69) is 31.0 Å². The molecule has 0 aliphatic heterocycles. The molecule has 11 nitrogen and oxygen atoms in total. The molecule has 4 N–H and O–H groups in total. The normalized spacial score (nSPS) is 10.7. The molecule has 0 spiro atoms. The van der Waals surface area contributed by atoms with Crippen molar-refractivity contribution in [2.45, 2.75) is 5.16 Å². The van der Waals surface area contributed by atoms with E-state index in [0.29, 0.717) is 22.3 Å². The van der Waals surface area contributed by atoms with E-state index in [4.69, 9.17) is 15.3 Å². The van der Waals surface area contributed by atoms with Gasteiger partial charge >= 0.3 is 0 Å². The monoisotopic (exact) mass is 428 g/mol. The third-order valence-electron chi connectivity index (χ3n) is 3.74. The van der Waals surface area contributed by atoms with Crippen molar-refractivity contribution in [2.24, 2.45) is 5.10 Å². The number of hydrazone groups is 1. The molecule has 0 atom stereocenters. The van der Waals surface area contributed by atoms with Crippen LogP contribution >= 0.6 is 11.8 Å². The van der Waals surface area contributed by atoms with Crippen LogP contribution < -0.4 is 26.1 Å².